The Kier molecular flexibility index (Phi) is 5.51. The van der Waals surface area contributed by atoms with Crippen LogP contribution in [0.2, 0.25) is 10.0 Å². The van der Waals surface area contributed by atoms with Crippen molar-refractivity contribution in [1.29, 1.82) is 0 Å². The predicted molar refractivity (Wildman–Crippen MR) is 71.1 cm³/mol. The summed E-state index contributed by atoms with van der Waals surface area (Å²) in [6.45, 7) is 3.21. The molecule has 0 atom stereocenters. The van der Waals surface area contributed by atoms with Crippen molar-refractivity contribution in [3.8, 4) is 0 Å². The van der Waals surface area contributed by atoms with Gasteiger partial charge < -0.3 is 4.74 Å². The molecule has 1 aromatic carbocycles. The Morgan fingerprint density at radius 2 is 1.95 bits per heavy atom. The molecular formula is C13H11Cl2FO3. The van der Waals surface area contributed by atoms with Crippen LogP contribution in [0.3, 0.4) is 0 Å². The van der Waals surface area contributed by atoms with Gasteiger partial charge >= 0.3 is 0 Å². The van der Waals surface area contributed by atoms with E-state index in [4.69, 9.17) is 27.9 Å². The monoisotopic (exact) mass is 304 g/mol. The third kappa shape index (κ3) is 3.78. The van der Waals surface area contributed by atoms with Gasteiger partial charge in [0.2, 0.25) is 5.78 Å². The number of Topliss-reactive ketones (excluding diaryl/α,β-unsaturated/α-hetero) is 2. The first-order valence-electron chi connectivity index (χ1n) is 5.40. The molecule has 0 aliphatic carbocycles. The third-order valence-electron chi connectivity index (χ3n) is 2.25. The number of carbonyl (C=O) groups is 2. The van der Waals surface area contributed by atoms with Crippen LogP contribution in [0.4, 0.5) is 4.39 Å². The van der Waals surface area contributed by atoms with Crippen LogP contribution < -0.4 is 0 Å². The molecule has 0 bridgehead atoms. The maximum Gasteiger partial charge on any atom is 0.201 e. The zero-order valence-corrected chi connectivity index (χ0v) is 11.8. The quantitative estimate of drug-likeness (QED) is 0.207. The van der Waals surface area contributed by atoms with Crippen molar-refractivity contribution in [1.82, 2.24) is 0 Å². The number of hydrogen-bond donors (Lipinski definition) is 0. The van der Waals surface area contributed by atoms with Gasteiger partial charge in [-0.1, -0.05) is 23.2 Å². The Morgan fingerprint density at radius 3 is 2.47 bits per heavy atom. The summed E-state index contributed by atoms with van der Waals surface area (Å²) in [4.78, 5) is 23.5. The van der Waals surface area contributed by atoms with Crippen molar-refractivity contribution < 1.29 is 18.7 Å². The van der Waals surface area contributed by atoms with E-state index in [2.05, 4.69) is 0 Å². The van der Waals surface area contributed by atoms with E-state index in [1.54, 1.807) is 6.92 Å². The summed E-state index contributed by atoms with van der Waals surface area (Å²) in [5.74, 6) is -1.99. The normalized spacial score (nSPS) is 11.3. The highest BCUT2D eigenvalue weighted by Gasteiger charge is 2.21. The Balaban J connectivity index is 3.24. The molecule has 0 spiro atoms. The first kappa shape index (κ1) is 15.7. The molecule has 0 saturated heterocycles. The Hall–Kier alpha value is -1.39. The number of rotatable bonds is 5. The van der Waals surface area contributed by atoms with E-state index in [-0.39, 0.29) is 21.2 Å². The van der Waals surface area contributed by atoms with Crippen molar-refractivity contribution in [3.63, 3.8) is 0 Å². The van der Waals surface area contributed by atoms with Crippen molar-refractivity contribution in [2.24, 2.45) is 0 Å². The summed E-state index contributed by atoms with van der Waals surface area (Å²) in [6.07, 6.45) is 1.05. The van der Waals surface area contributed by atoms with Gasteiger partial charge in [-0.3, -0.25) is 9.59 Å². The fourth-order valence-corrected chi connectivity index (χ4v) is 1.77. The number of hydrogen-bond acceptors (Lipinski definition) is 3. The summed E-state index contributed by atoms with van der Waals surface area (Å²) in [5.41, 5.74) is -0.338. The van der Waals surface area contributed by atoms with Gasteiger partial charge in [-0.2, -0.15) is 0 Å². The van der Waals surface area contributed by atoms with Crippen LogP contribution in [0, 0.1) is 5.82 Å². The fraction of sp³-hybridized carbons (Fsp3) is 0.231. The Labute approximate surface area is 120 Å². The van der Waals surface area contributed by atoms with E-state index >= 15 is 0 Å². The number of ketones is 2. The van der Waals surface area contributed by atoms with Gasteiger partial charge in [0.05, 0.1) is 28.5 Å². The van der Waals surface area contributed by atoms with Crippen LogP contribution in [-0.4, -0.2) is 18.2 Å². The second-order valence-corrected chi connectivity index (χ2v) is 4.43. The lowest BCUT2D eigenvalue weighted by Crippen LogP contribution is -2.12. The number of ether oxygens (including phenoxy) is 1. The molecule has 1 rings (SSSR count). The molecule has 0 N–H and O–H groups in total. The van der Waals surface area contributed by atoms with Gasteiger partial charge in [-0.05, 0) is 26.0 Å². The summed E-state index contributed by atoms with van der Waals surface area (Å²) in [5, 5.41) is -0.222. The second-order valence-electron chi connectivity index (χ2n) is 3.62. The number of allylic oxidation sites excluding steroid dienone is 1. The highest BCUT2D eigenvalue weighted by molar-refractivity contribution is 6.39. The highest BCUT2D eigenvalue weighted by Crippen LogP contribution is 2.26. The molecule has 0 fully saturated rings. The second kappa shape index (κ2) is 6.68. The number of carbonyl (C=O) groups excluding carboxylic acids is 2. The van der Waals surface area contributed by atoms with Crippen molar-refractivity contribution in [3.05, 3.63) is 45.4 Å². The van der Waals surface area contributed by atoms with Crippen LogP contribution >= 0.6 is 23.2 Å². The molecule has 0 radical (unpaired) electrons. The molecular weight excluding hydrogens is 294 g/mol. The van der Waals surface area contributed by atoms with Crippen LogP contribution in [0.1, 0.15) is 24.2 Å². The van der Waals surface area contributed by atoms with Crippen LogP contribution in [0.5, 0.6) is 0 Å². The molecule has 0 unspecified atom stereocenters. The zero-order valence-electron chi connectivity index (χ0n) is 10.3. The lowest BCUT2D eigenvalue weighted by atomic mass is 10.0. The maximum absolute atomic E-state index is 13.4. The molecule has 19 heavy (non-hydrogen) atoms. The van der Waals surface area contributed by atoms with Gasteiger partial charge in [0.1, 0.15) is 5.82 Å². The fourth-order valence-electron chi connectivity index (χ4n) is 1.30. The molecule has 6 heteroatoms. The van der Waals surface area contributed by atoms with Crippen molar-refractivity contribution in [2.45, 2.75) is 13.8 Å². The minimum absolute atomic E-state index is 0.0277. The van der Waals surface area contributed by atoms with E-state index in [9.17, 15) is 14.0 Å². The van der Waals surface area contributed by atoms with E-state index in [0.29, 0.717) is 6.61 Å². The maximum atomic E-state index is 13.4. The minimum atomic E-state index is -0.784. The van der Waals surface area contributed by atoms with Crippen LogP contribution in [-0.2, 0) is 9.53 Å². The molecule has 0 heterocycles. The van der Waals surface area contributed by atoms with E-state index in [0.717, 1.165) is 18.4 Å². The largest absolute Gasteiger partial charge is 0.501 e. The summed E-state index contributed by atoms with van der Waals surface area (Å²) in [6, 6.07) is 2.01. The van der Waals surface area contributed by atoms with Gasteiger partial charge in [0, 0.05) is 5.56 Å². The highest BCUT2D eigenvalue weighted by atomic mass is 35.5. The first-order valence-corrected chi connectivity index (χ1v) is 6.16. The summed E-state index contributed by atoms with van der Waals surface area (Å²) < 4.78 is 18.3. The van der Waals surface area contributed by atoms with Crippen LogP contribution in [0.25, 0.3) is 0 Å². The van der Waals surface area contributed by atoms with Crippen LogP contribution in [0.15, 0.2) is 24.0 Å². The summed E-state index contributed by atoms with van der Waals surface area (Å²) in [7, 11) is 0. The lowest BCUT2D eigenvalue weighted by molar-refractivity contribution is -0.113. The SMILES string of the molecule is CCOC=C(C(C)=O)C(=O)c1cc(F)c(Cl)cc1Cl. The molecule has 1 aromatic rings. The molecule has 0 amide bonds. The topological polar surface area (TPSA) is 43.4 Å². The average Bonchev–Trinajstić information content (AvgIpc) is 2.33. The summed E-state index contributed by atoms with van der Waals surface area (Å²) >= 11 is 11.4. The van der Waals surface area contributed by atoms with E-state index in [1.807, 2.05) is 0 Å². The predicted octanol–water partition coefficient (Wildman–Crippen LogP) is 3.82. The number of benzene rings is 1. The minimum Gasteiger partial charge on any atom is -0.501 e. The average molecular weight is 305 g/mol. The molecule has 0 saturated carbocycles. The van der Waals surface area contributed by atoms with Gasteiger partial charge in [-0.25, -0.2) is 4.39 Å². The van der Waals surface area contributed by atoms with Gasteiger partial charge in [0.25, 0.3) is 0 Å². The molecule has 0 aliphatic rings. The Morgan fingerprint density at radius 1 is 1.32 bits per heavy atom. The lowest BCUT2D eigenvalue weighted by Gasteiger charge is -2.07. The van der Waals surface area contributed by atoms with Gasteiger partial charge in [0.15, 0.2) is 5.78 Å². The standard InChI is InChI=1S/C13H11Cl2FO3/c1-3-19-6-9(7(2)17)13(18)8-4-12(16)11(15)5-10(8)14/h4-6H,3H2,1-2H3. The Bertz CT molecular complexity index is 553. The van der Waals surface area contributed by atoms with Crippen molar-refractivity contribution >= 4 is 34.8 Å². The number of halogens is 3. The molecule has 0 aliphatic heterocycles. The smallest absolute Gasteiger partial charge is 0.201 e. The van der Waals surface area contributed by atoms with E-state index < -0.39 is 17.4 Å². The van der Waals surface area contributed by atoms with Gasteiger partial charge in [-0.15, -0.1) is 0 Å². The molecule has 0 aromatic heterocycles. The third-order valence-corrected chi connectivity index (χ3v) is 2.85. The molecule has 3 nitrogen and oxygen atoms in total. The van der Waals surface area contributed by atoms with E-state index in [1.165, 1.54) is 6.92 Å². The first-order chi connectivity index (χ1) is 8.88. The zero-order chi connectivity index (χ0) is 14.6. The van der Waals surface area contributed by atoms with Crippen molar-refractivity contribution in [2.75, 3.05) is 6.61 Å². The molecule has 102 valence electrons.